The summed E-state index contributed by atoms with van der Waals surface area (Å²) >= 11 is 0. The van der Waals surface area contributed by atoms with Gasteiger partial charge in [-0.05, 0) is 48.2 Å². The van der Waals surface area contributed by atoms with E-state index in [0.29, 0.717) is 22.3 Å². The third-order valence-electron chi connectivity index (χ3n) is 8.62. The monoisotopic (exact) mass is 612 g/mol. The summed E-state index contributed by atoms with van der Waals surface area (Å²) in [5, 5.41) is 20.2. The van der Waals surface area contributed by atoms with Gasteiger partial charge in [0.05, 0.1) is 11.1 Å². The molecule has 2 aromatic carbocycles. The lowest BCUT2D eigenvalue weighted by molar-refractivity contribution is 0.0686. The molecule has 4 nitrogen and oxygen atoms in total. The molecule has 0 aliphatic heterocycles. The average Bonchev–Trinajstić information content (AvgIpc) is 3.02. The summed E-state index contributed by atoms with van der Waals surface area (Å²) in [7, 11) is 0. The first-order chi connectivity index (χ1) is 21.7. The van der Waals surface area contributed by atoms with E-state index in [9.17, 15) is 19.8 Å². The Kier molecular flexibility index (Phi) is 17.8. The van der Waals surface area contributed by atoms with Gasteiger partial charge in [0.15, 0.2) is 0 Å². The largest absolute Gasteiger partial charge is 0.478 e. The molecule has 0 atom stereocenters. The predicted octanol–water partition coefficient (Wildman–Crippen LogP) is 11.2. The standard InChI is InChI=1S/C41H56O4/c1-5-7-9-11-13-15-17-19-21-23-25-33-27-29-37(35(31-33)39(42)43)41(3,4)38-30-28-34(32-36(38)40(44)45)26-24-22-20-18-16-14-12-10-8-6-2/h27-32H,5-22H2,1-4H3,(H,42,43)(H,44,45). The summed E-state index contributed by atoms with van der Waals surface area (Å²) in [6.07, 6.45) is 21.5. The van der Waals surface area contributed by atoms with Crippen molar-refractivity contribution in [1.82, 2.24) is 0 Å². The van der Waals surface area contributed by atoms with Crippen LogP contribution in [0.15, 0.2) is 36.4 Å². The van der Waals surface area contributed by atoms with E-state index in [0.717, 1.165) is 25.7 Å². The molecule has 2 aromatic rings. The van der Waals surface area contributed by atoms with Crippen molar-refractivity contribution in [2.24, 2.45) is 0 Å². The molecule has 4 heteroatoms. The lowest BCUT2D eigenvalue weighted by atomic mass is 9.73. The molecule has 0 amide bonds. The van der Waals surface area contributed by atoms with Gasteiger partial charge < -0.3 is 10.2 Å². The van der Waals surface area contributed by atoms with Crippen LogP contribution in [-0.4, -0.2) is 22.2 Å². The second kappa shape index (κ2) is 21.3. The van der Waals surface area contributed by atoms with Gasteiger partial charge in [-0.2, -0.15) is 0 Å². The van der Waals surface area contributed by atoms with Crippen LogP contribution in [0.4, 0.5) is 0 Å². The Bertz CT molecular complexity index is 1230. The normalized spacial score (nSPS) is 10.9. The van der Waals surface area contributed by atoms with Gasteiger partial charge in [0.1, 0.15) is 0 Å². The smallest absolute Gasteiger partial charge is 0.336 e. The molecule has 244 valence electrons. The number of unbranched alkanes of at least 4 members (excludes halogenated alkanes) is 16. The first-order valence-electron chi connectivity index (χ1n) is 17.5. The summed E-state index contributed by atoms with van der Waals surface area (Å²) in [4.78, 5) is 24.7. The zero-order valence-corrected chi connectivity index (χ0v) is 28.4. The van der Waals surface area contributed by atoms with Gasteiger partial charge >= 0.3 is 11.9 Å². The number of rotatable bonds is 20. The van der Waals surface area contributed by atoms with Gasteiger partial charge in [-0.15, -0.1) is 0 Å². The molecule has 0 fully saturated rings. The van der Waals surface area contributed by atoms with E-state index in [1.807, 2.05) is 26.0 Å². The first-order valence-corrected chi connectivity index (χ1v) is 17.5. The van der Waals surface area contributed by atoms with Crippen molar-refractivity contribution >= 4 is 11.9 Å². The van der Waals surface area contributed by atoms with Crippen LogP contribution in [0, 0.1) is 23.7 Å². The number of carbonyl (C=O) groups is 2. The van der Waals surface area contributed by atoms with E-state index >= 15 is 0 Å². The Hall–Kier alpha value is -3.50. The number of hydrogen-bond donors (Lipinski definition) is 2. The molecule has 0 heterocycles. The number of carboxylic acid groups (broad SMARTS) is 2. The summed E-state index contributed by atoms with van der Waals surface area (Å²) in [6.45, 7) is 8.21. The van der Waals surface area contributed by atoms with Crippen LogP contribution in [0.3, 0.4) is 0 Å². The van der Waals surface area contributed by atoms with Gasteiger partial charge in [0.2, 0.25) is 0 Å². The van der Waals surface area contributed by atoms with Crippen LogP contribution in [0.25, 0.3) is 0 Å². The Balaban J connectivity index is 2.08. The van der Waals surface area contributed by atoms with E-state index in [1.165, 1.54) is 89.9 Å². The van der Waals surface area contributed by atoms with Crippen LogP contribution >= 0.6 is 0 Å². The fraction of sp³-hybridized carbons (Fsp3) is 0.561. The number of aromatic carboxylic acids is 2. The molecule has 0 spiro atoms. The molecular formula is C41H56O4. The van der Waals surface area contributed by atoms with E-state index in [2.05, 4.69) is 37.5 Å². The Labute approximate surface area is 273 Å². The molecule has 0 bridgehead atoms. The molecule has 0 aromatic heterocycles. The number of carboxylic acids is 2. The zero-order chi connectivity index (χ0) is 32.9. The van der Waals surface area contributed by atoms with E-state index in [1.54, 1.807) is 24.3 Å². The van der Waals surface area contributed by atoms with Crippen molar-refractivity contribution in [3.05, 3.63) is 69.8 Å². The van der Waals surface area contributed by atoms with Crippen molar-refractivity contribution in [3.8, 4) is 23.7 Å². The predicted molar refractivity (Wildman–Crippen MR) is 187 cm³/mol. The summed E-state index contributed by atoms with van der Waals surface area (Å²) in [5.74, 6) is 10.6. The summed E-state index contributed by atoms with van der Waals surface area (Å²) in [6, 6.07) is 10.5. The average molecular weight is 613 g/mol. The highest BCUT2D eigenvalue weighted by Gasteiger charge is 2.32. The molecule has 0 aliphatic rings. The van der Waals surface area contributed by atoms with E-state index in [-0.39, 0.29) is 11.1 Å². The molecule has 0 saturated heterocycles. The van der Waals surface area contributed by atoms with Crippen LogP contribution in [0.1, 0.15) is 186 Å². The van der Waals surface area contributed by atoms with Gasteiger partial charge in [-0.25, -0.2) is 9.59 Å². The lowest BCUT2D eigenvalue weighted by Gasteiger charge is -2.29. The second-order valence-electron chi connectivity index (χ2n) is 12.8. The molecule has 2 N–H and O–H groups in total. The van der Waals surface area contributed by atoms with Crippen LogP contribution < -0.4 is 0 Å². The highest BCUT2D eigenvalue weighted by Crippen LogP contribution is 2.36. The van der Waals surface area contributed by atoms with Gasteiger partial charge in [0, 0.05) is 29.4 Å². The Morgan fingerprint density at radius 2 is 0.889 bits per heavy atom. The van der Waals surface area contributed by atoms with Crippen LogP contribution in [-0.2, 0) is 5.41 Å². The minimum atomic E-state index is -1.05. The second-order valence-corrected chi connectivity index (χ2v) is 12.8. The molecule has 0 aliphatic carbocycles. The topological polar surface area (TPSA) is 74.6 Å². The zero-order valence-electron chi connectivity index (χ0n) is 28.4. The van der Waals surface area contributed by atoms with Crippen molar-refractivity contribution in [3.63, 3.8) is 0 Å². The Morgan fingerprint density at radius 1 is 0.556 bits per heavy atom. The minimum absolute atomic E-state index is 0.143. The molecule has 0 saturated carbocycles. The highest BCUT2D eigenvalue weighted by atomic mass is 16.4. The number of benzene rings is 2. The molecule has 0 unspecified atom stereocenters. The van der Waals surface area contributed by atoms with Crippen LogP contribution in [0.5, 0.6) is 0 Å². The maximum atomic E-state index is 12.4. The van der Waals surface area contributed by atoms with Gasteiger partial charge in [0.25, 0.3) is 0 Å². The SMILES string of the molecule is CCCCCCCCCCC#Cc1ccc(C(C)(C)c2ccc(C#CCCCCCCCCCC)cc2C(=O)O)c(C(=O)O)c1. The third-order valence-corrected chi connectivity index (χ3v) is 8.62. The molecule has 0 radical (unpaired) electrons. The lowest BCUT2D eigenvalue weighted by Crippen LogP contribution is -2.25. The van der Waals surface area contributed by atoms with E-state index < -0.39 is 17.4 Å². The van der Waals surface area contributed by atoms with Crippen molar-refractivity contribution < 1.29 is 19.8 Å². The highest BCUT2D eigenvalue weighted by molar-refractivity contribution is 5.93. The quantitative estimate of drug-likeness (QED) is 0.115. The molecule has 45 heavy (non-hydrogen) atoms. The Morgan fingerprint density at radius 3 is 1.22 bits per heavy atom. The van der Waals surface area contributed by atoms with Gasteiger partial charge in [-0.3, -0.25) is 0 Å². The summed E-state index contributed by atoms with van der Waals surface area (Å²) < 4.78 is 0. The number of hydrogen-bond acceptors (Lipinski definition) is 2. The fourth-order valence-corrected chi connectivity index (χ4v) is 5.86. The maximum absolute atomic E-state index is 12.4. The van der Waals surface area contributed by atoms with Crippen molar-refractivity contribution in [2.45, 2.75) is 149 Å². The summed E-state index contributed by atoms with van der Waals surface area (Å²) in [5.41, 5.74) is 1.85. The fourth-order valence-electron chi connectivity index (χ4n) is 5.86. The van der Waals surface area contributed by atoms with Crippen molar-refractivity contribution in [1.29, 1.82) is 0 Å². The van der Waals surface area contributed by atoms with Crippen molar-refractivity contribution in [2.75, 3.05) is 0 Å². The maximum Gasteiger partial charge on any atom is 0.336 e. The van der Waals surface area contributed by atoms with Crippen LogP contribution in [0.2, 0.25) is 0 Å². The first kappa shape index (κ1) is 37.7. The minimum Gasteiger partial charge on any atom is -0.478 e. The molecule has 2 rings (SSSR count). The van der Waals surface area contributed by atoms with E-state index in [4.69, 9.17) is 0 Å². The molecular weight excluding hydrogens is 556 g/mol. The third kappa shape index (κ3) is 13.6. The van der Waals surface area contributed by atoms with Gasteiger partial charge in [-0.1, -0.05) is 153 Å².